The monoisotopic (exact) mass is 215 g/mol. The van der Waals surface area contributed by atoms with E-state index in [4.69, 9.17) is 9.57 Å². The fourth-order valence-corrected chi connectivity index (χ4v) is 2.51. The zero-order valence-electron chi connectivity index (χ0n) is 9.05. The van der Waals surface area contributed by atoms with Gasteiger partial charge >= 0.3 is 5.97 Å². The summed E-state index contributed by atoms with van der Waals surface area (Å²) in [7, 11) is 1.37. The van der Waals surface area contributed by atoms with E-state index in [-0.39, 0.29) is 17.9 Å². The molecule has 0 bridgehead atoms. The van der Waals surface area contributed by atoms with E-state index in [1.54, 1.807) is 6.92 Å². The number of methoxy groups -OCH3 is 1. The summed E-state index contributed by atoms with van der Waals surface area (Å²) in [4.78, 5) is 17.2. The first-order chi connectivity index (χ1) is 7.15. The minimum Gasteiger partial charge on any atom is -0.469 e. The van der Waals surface area contributed by atoms with Crippen LogP contribution in [0.5, 0.6) is 0 Å². The largest absolute Gasteiger partial charge is 0.469 e. The van der Waals surface area contributed by atoms with Crippen molar-refractivity contribution in [2.24, 2.45) is 5.92 Å². The van der Waals surface area contributed by atoms with E-state index < -0.39 is 12.2 Å². The highest BCUT2D eigenvalue weighted by Gasteiger charge is 2.51. The van der Waals surface area contributed by atoms with E-state index in [0.717, 1.165) is 19.4 Å². The maximum absolute atomic E-state index is 11.6. The maximum atomic E-state index is 11.6. The normalized spacial score (nSPS) is 37.7. The second-order valence-corrected chi connectivity index (χ2v) is 4.21. The molecule has 0 radical (unpaired) electrons. The van der Waals surface area contributed by atoms with Crippen molar-refractivity contribution in [1.29, 1.82) is 0 Å². The van der Waals surface area contributed by atoms with Crippen molar-refractivity contribution < 1.29 is 19.5 Å². The van der Waals surface area contributed by atoms with Crippen LogP contribution in [0.25, 0.3) is 0 Å². The van der Waals surface area contributed by atoms with E-state index >= 15 is 0 Å². The van der Waals surface area contributed by atoms with Crippen LogP contribution in [0.15, 0.2) is 0 Å². The highest BCUT2D eigenvalue weighted by Crippen LogP contribution is 2.37. The van der Waals surface area contributed by atoms with Crippen molar-refractivity contribution in [3.63, 3.8) is 0 Å². The first kappa shape index (κ1) is 10.9. The van der Waals surface area contributed by atoms with Crippen LogP contribution in [0.1, 0.15) is 19.8 Å². The number of fused-ring (bicyclic) bond motifs is 1. The molecule has 86 valence electrons. The molecule has 2 rings (SSSR count). The van der Waals surface area contributed by atoms with Crippen LogP contribution in [-0.2, 0) is 14.4 Å². The smallest absolute Gasteiger partial charge is 0.313 e. The lowest BCUT2D eigenvalue weighted by molar-refractivity contribution is -0.175. The molecule has 2 fully saturated rings. The van der Waals surface area contributed by atoms with Gasteiger partial charge in [-0.25, -0.2) is 0 Å². The fraction of sp³-hybridized carbons (Fsp3) is 0.900. The minimum absolute atomic E-state index is 0.0806. The Balaban J connectivity index is 2.17. The average Bonchev–Trinajstić information content (AvgIpc) is 2.74. The Hall–Kier alpha value is -0.650. The summed E-state index contributed by atoms with van der Waals surface area (Å²) in [5.74, 6) is -0.632. The number of carbonyl (C=O) groups excluding carboxylic acids is 1. The Morgan fingerprint density at radius 2 is 2.40 bits per heavy atom. The van der Waals surface area contributed by atoms with Crippen molar-refractivity contribution in [1.82, 2.24) is 5.06 Å². The van der Waals surface area contributed by atoms with E-state index in [1.807, 2.05) is 5.06 Å². The van der Waals surface area contributed by atoms with E-state index in [2.05, 4.69) is 0 Å². The van der Waals surface area contributed by atoms with Gasteiger partial charge in [-0.1, -0.05) is 0 Å². The molecule has 0 saturated carbocycles. The number of hydroxylamine groups is 2. The number of rotatable bonds is 2. The van der Waals surface area contributed by atoms with Gasteiger partial charge in [-0.3, -0.25) is 9.63 Å². The van der Waals surface area contributed by atoms with E-state index in [0.29, 0.717) is 0 Å². The number of aliphatic hydroxyl groups excluding tert-OH is 1. The molecule has 0 aromatic carbocycles. The summed E-state index contributed by atoms with van der Waals surface area (Å²) in [6, 6.07) is 0.0806. The van der Waals surface area contributed by atoms with Gasteiger partial charge in [-0.15, -0.1) is 0 Å². The molecule has 0 aromatic heterocycles. The second-order valence-electron chi connectivity index (χ2n) is 4.21. The SMILES string of the molecule is COC(=O)[C@@H]1[C@@H]([C@@H](C)O)ON2CCC[C@H]12. The number of hydrogen-bond donors (Lipinski definition) is 1. The lowest BCUT2D eigenvalue weighted by atomic mass is 9.91. The Kier molecular flexibility index (Phi) is 2.95. The lowest BCUT2D eigenvalue weighted by Gasteiger charge is -2.19. The minimum atomic E-state index is -0.653. The predicted molar refractivity (Wildman–Crippen MR) is 51.8 cm³/mol. The molecule has 2 saturated heterocycles. The third-order valence-electron chi connectivity index (χ3n) is 3.22. The van der Waals surface area contributed by atoms with Crippen molar-refractivity contribution in [3.8, 4) is 0 Å². The summed E-state index contributed by atoms with van der Waals surface area (Å²) in [5.41, 5.74) is 0. The molecule has 5 nitrogen and oxygen atoms in total. The van der Waals surface area contributed by atoms with Crippen LogP contribution < -0.4 is 0 Å². The summed E-state index contributed by atoms with van der Waals surface area (Å²) in [6.45, 7) is 2.48. The Morgan fingerprint density at radius 1 is 1.67 bits per heavy atom. The van der Waals surface area contributed by atoms with Crippen LogP contribution in [0.3, 0.4) is 0 Å². The molecule has 0 aliphatic carbocycles. The molecule has 0 aromatic rings. The number of aliphatic hydroxyl groups is 1. The van der Waals surface area contributed by atoms with Crippen LogP contribution in [0.2, 0.25) is 0 Å². The molecule has 2 heterocycles. The lowest BCUT2D eigenvalue weighted by Crippen LogP contribution is -2.38. The summed E-state index contributed by atoms with van der Waals surface area (Å²) in [6.07, 6.45) is 0.857. The second kappa shape index (κ2) is 4.08. The van der Waals surface area contributed by atoms with Gasteiger partial charge in [-0.2, -0.15) is 5.06 Å². The molecule has 0 unspecified atom stereocenters. The molecule has 1 N–H and O–H groups in total. The molecule has 0 spiro atoms. The van der Waals surface area contributed by atoms with Gasteiger partial charge in [0, 0.05) is 6.54 Å². The number of esters is 1. The third kappa shape index (κ3) is 1.75. The Morgan fingerprint density at radius 3 is 3.00 bits per heavy atom. The number of carbonyl (C=O) groups is 1. The van der Waals surface area contributed by atoms with Gasteiger partial charge in [0.1, 0.15) is 12.0 Å². The third-order valence-corrected chi connectivity index (χ3v) is 3.22. The quantitative estimate of drug-likeness (QED) is 0.654. The predicted octanol–water partition coefficient (Wildman–Crippen LogP) is -0.0654. The highest BCUT2D eigenvalue weighted by atomic mass is 16.7. The number of hydrogen-bond acceptors (Lipinski definition) is 5. The van der Waals surface area contributed by atoms with Crippen molar-refractivity contribution in [2.45, 2.75) is 38.0 Å². The zero-order chi connectivity index (χ0) is 11.0. The summed E-state index contributed by atoms with van der Waals surface area (Å²) < 4.78 is 4.77. The van der Waals surface area contributed by atoms with Crippen LogP contribution in [0, 0.1) is 5.92 Å². The molecule has 0 amide bonds. The summed E-state index contributed by atoms with van der Waals surface area (Å²) in [5, 5.41) is 11.4. The fourth-order valence-electron chi connectivity index (χ4n) is 2.51. The van der Waals surface area contributed by atoms with Gasteiger partial charge in [0.25, 0.3) is 0 Å². The molecular weight excluding hydrogens is 198 g/mol. The van der Waals surface area contributed by atoms with Crippen LogP contribution in [-0.4, -0.2) is 48.0 Å². The van der Waals surface area contributed by atoms with Gasteiger partial charge < -0.3 is 9.84 Å². The van der Waals surface area contributed by atoms with Gasteiger partial charge in [0.05, 0.1) is 19.3 Å². The van der Waals surface area contributed by atoms with E-state index in [1.165, 1.54) is 7.11 Å². The topological polar surface area (TPSA) is 59.0 Å². The Labute approximate surface area is 88.9 Å². The van der Waals surface area contributed by atoms with E-state index in [9.17, 15) is 9.90 Å². The highest BCUT2D eigenvalue weighted by molar-refractivity contribution is 5.74. The number of ether oxygens (including phenoxy) is 1. The standard InChI is InChI=1S/C10H17NO4/c1-6(12)9-8(10(13)14-2)7-4-3-5-11(7)15-9/h6-9,12H,3-5H2,1-2H3/t6-,7-,8+,9-/m1/s1. The summed E-state index contributed by atoms with van der Waals surface area (Å²) >= 11 is 0. The van der Waals surface area contributed by atoms with Crippen molar-refractivity contribution >= 4 is 5.97 Å². The Bertz CT molecular complexity index is 256. The molecule has 2 aliphatic heterocycles. The maximum Gasteiger partial charge on any atom is 0.313 e. The average molecular weight is 215 g/mol. The molecule has 4 atom stereocenters. The molecule has 5 heteroatoms. The van der Waals surface area contributed by atoms with Gasteiger partial charge in [0.2, 0.25) is 0 Å². The molecular formula is C10H17NO4. The van der Waals surface area contributed by atoms with Gasteiger partial charge in [-0.05, 0) is 19.8 Å². The molecule has 2 aliphatic rings. The van der Waals surface area contributed by atoms with Crippen molar-refractivity contribution in [3.05, 3.63) is 0 Å². The van der Waals surface area contributed by atoms with Crippen LogP contribution >= 0.6 is 0 Å². The van der Waals surface area contributed by atoms with Crippen molar-refractivity contribution in [2.75, 3.05) is 13.7 Å². The first-order valence-electron chi connectivity index (χ1n) is 5.34. The van der Waals surface area contributed by atoms with Gasteiger partial charge in [0.15, 0.2) is 0 Å². The number of nitrogens with zero attached hydrogens (tertiary/aromatic N) is 1. The zero-order valence-corrected chi connectivity index (χ0v) is 9.05. The first-order valence-corrected chi connectivity index (χ1v) is 5.34. The molecule has 15 heavy (non-hydrogen) atoms. The van der Waals surface area contributed by atoms with Crippen LogP contribution in [0.4, 0.5) is 0 Å².